The molecular weight excluding hydrogens is 274 g/mol. The average Bonchev–Trinajstić information content (AvgIpc) is 2.97. The number of rotatable bonds is 6. The molecule has 0 aromatic heterocycles. The Morgan fingerprint density at radius 1 is 1.50 bits per heavy atom. The van der Waals surface area contributed by atoms with Gasteiger partial charge in [0.2, 0.25) is 0 Å². The summed E-state index contributed by atoms with van der Waals surface area (Å²) in [6.45, 7) is 8.30. The first kappa shape index (κ1) is 16.6. The second-order valence-corrected chi connectivity index (χ2v) is 6.03. The first-order valence-electron chi connectivity index (χ1n) is 8.12. The van der Waals surface area contributed by atoms with Crippen LogP contribution in [0.4, 0.5) is 5.69 Å². The topological polar surface area (TPSA) is 58.4 Å². The maximum Gasteiger partial charge on any atom is 0.251 e. The molecule has 1 aromatic rings. The van der Waals surface area contributed by atoms with Gasteiger partial charge in [-0.05, 0) is 50.4 Å². The Hall–Kier alpha value is -1.81. The molecule has 1 heterocycles. The van der Waals surface area contributed by atoms with E-state index in [1.807, 2.05) is 6.07 Å². The number of hydrogen-bond donors (Lipinski definition) is 2. The molecule has 1 fully saturated rings. The quantitative estimate of drug-likeness (QED) is 0.627. The van der Waals surface area contributed by atoms with Gasteiger partial charge in [0, 0.05) is 30.9 Å². The second-order valence-electron chi connectivity index (χ2n) is 6.03. The molecule has 1 aliphatic heterocycles. The number of benzene rings is 1. The van der Waals surface area contributed by atoms with Crippen molar-refractivity contribution in [3.05, 3.63) is 41.5 Å². The molecule has 1 saturated heterocycles. The standard InChI is InChI=1S/C18H27N3O/c1-3-14(4-2)12-21-9-8-15(13-21)11-20-18(22)16-6-5-7-17(19)10-16/h3,5-7,10,15H,4,8-9,11-13,19H2,1-2H3,(H,20,22). The zero-order valence-corrected chi connectivity index (χ0v) is 13.6. The average molecular weight is 301 g/mol. The minimum atomic E-state index is -0.0338. The van der Waals surface area contributed by atoms with Crippen molar-refractivity contribution in [3.63, 3.8) is 0 Å². The Labute approximate surface area is 133 Å². The molecule has 120 valence electrons. The maximum absolute atomic E-state index is 12.1. The van der Waals surface area contributed by atoms with Gasteiger partial charge in [-0.25, -0.2) is 0 Å². The van der Waals surface area contributed by atoms with Crippen molar-refractivity contribution >= 4 is 11.6 Å². The van der Waals surface area contributed by atoms with E-state index in [1.165, 1.54) is 5.57 Å². The van der Waals surface area contributed by atoms with Gasteiger partial charge in [0.1, 0.15) is 0 Å². The van der Waals surface area contributed by atoms with E-state index in [0.29, 0.717) is 17.2 Å². The smallest absolute Gasteiger partial charge is 0.251 e. The zero-order chi connectivity index (χ0) is 15.9. The summed E-state index contributed by atoms with van der Waals surface area (Å²) in [5.74, 6) is 0.508. The summed E-state index contributed by atoms with van der Waals surface area (Å²) in [6.07, 6.45) is 4.48. The predicted octanol–water partition coefficient (Wildman–Crippen LogP) is 2.68. The summed E-state index contributed by atoms with van der Waals surface area (Å²) in [5, 5.41) is 3.03. The second kappa shape index (κ2) is 7.99. The number of likely N-dealkylation sites (tertiary alicyclic amines) is 1. The zero-order valence-electron chi connectivity index (χ0n) is 13.6. The van der Waals surface area contributed by atoms with E-state index in [1.54, 1.807) is 18.2 Å². The van der Waals surface area contributed by atoms with Gasteiger partial charge in [0.25, 0.3) is 5.91 Å². The molecule has 0 aliphatic carbocycles. The first-order chi connectivity index (χ1) is 10.6. The number of allylic oxidation sites excluding steroid dienone is 1. The van der Waals surface area contributed by atoms with E-state index in [-0.39, 0.29) is 5.91 Å². The number of nitrogen functional groups attached to an aromatic ring is 1. The number of carbonyl (C=O) groups excluding carboxylic acids is 1. The van der Waals surface area contributed by atoms with Gasteiger partial charge in [-0.2, -0.15) is 0 Å². The molecule has 3 N–H and O–H groups in total. The van der Waals surface area contributed by atoms with Crippen LogP contribution in [0.15, 0.2) is 35.9 Å². The molecule has 1 atom stereocenters. The largest absolute Gasteiger partial charge is 0.399 e. The fourth-order valence-corrected chi connectivity index (χ4v) is 2.94. The lowest BCUT2D eigenvalue weighted by atomic mass is 10.1. The van der Waals surface area contributed by atoms with Crippen LogP contribution >= 0.6 is 0 Å². The number of anilines is 1. The Bertz CT molecular complexity index is 539. The van der Waals surface area contributed by atoms with Gasteiger partial charge in [0.15, 0.2) is 0 Å². The highest BCUT2D eigenvalue weighted by Gasteiger charge is 2.23. The highest BCUT2D eigenvalue weighted by molar-refractivity contribution is 5.94. The molecule has 1 aliphatic rings. The fraction of sp³-hybridized carbons (Fsp3) is 0.500. The summed E-state index contributed by atoms with van der Waals surface area (Å²) < 4.78 is 0. The molecule has 1 amide bonds. The molecule has 0 bridgehead atoms. The predicted molar refractivity (Wildman–Crippen MR) is 91.8 cm³/mol. The summed E-state index contributed by atoms with van der Waals surface area (Å²) in [7, 11) is 0. The van der Waals surface area contributed by atoms with Gasteiger partial charge < -0.3 is 11.1 Å². The Morgan fingerprint density at radius 2 is 2.32 bits per heavy atom. The summed E-state index contributed by atoms with van der Waals surface area (Å²) in [5.41, 5.74) is 8.46. The molecule has 0 saturated carbocycles. The molecule has 22 heavy (non-hydrogen) atoms. The summed E-state index contributed by atoms with van der Waals surface area (Å²) in [6, 6.07) is 7.12. The fourth-order valence-electron chi connectivity index (χ4n) is 2.94. The lowest BCUT2D eigenvalue weighted by Crippen LogP contribution is -2.31. The Kier molecular flexibility index (Phi) is 6.01. The number of nitrogens with one attached hydrogen (secondary N) is 1. The van der Waals surface area contributed by atoms with Gasteiger partial charge >= 0.3 is 0 Å². The third kappa shape index (κ3) is 4.60. The van der Waals surface area contributed by atoms with Gasteiger partial charge in [-0.15, -0.1) is 0 Å². The lowest BCUT2D eigenvalue weighted by Gasteiger charge is -2.17. The van der Waals surface area contributed by atoms with Crippen LogP contribution < -0.4 is 11.1 Å². The summed E-state index contributed by atoms with van der Waals surface area (Å²) in [4.78, 5) is 14.6. The van der Waals surface area contributed by atoms with Crippen LogP contribution in [0.25, 0.3) is 0 Å². The monoisotopic (exact) mass is 301 g/mol. The van der Waals surface area contributed by atoms with Crippen LogP contribution in [0, 0.1) is 5.92 Å². The van der Waals surface area contributed by atoms with Crippen LogP contribution in [-0.4, -0.2) is 37.0 Å². The van der Waals surface area contributed by atoms with Crippen molar-refractivity contribution in [1.82, 2.24) is 10.2 Å². The SMILES string of the molecule is CC=C(CC)CN1CCC(CNC(=O)c2cccc(N)c2)C1. The molecular formula is C18H27N3O. The summed E-state index contributed by atoms with van der Waals surface area (Å²) >= 11 is 0. The van der Waals surface area contributed by atoms with E-state index in [0.717, 1.165) is 39.0 Å². The number of hydrogen-bond acceptors (Lipinski definition) is 3. The molecule has 4 nitrogen and oxygen atoms in total. The number of nitrogens with zero attached hydrogens (tertiary/aromatic N) is 1. The molecule has 1 aromatic carbocycles. The minimum Gasteiger partial charge on any atom is -0.399 e. The third-order valence-electron chi connectivity index (χ3n) is 4.36. The molecule has 1 unspecified atom stereocenters. The lowest BCUT2D eigenvalue weighted by molar-refractivity contribution is 0.0947. The van der Waals surface area contributed by atoms with Crippen LogP contribution in [0.1, 0.15) is 37.0 Å². The van der Waals surface area contributed by atoms with E-state index in [9.17, 15) is 4.79 Å². The van der Waals surface area contributed by atoms with Crippen LogP contribution in [0.3, 0.4) is 0 Å². The first-order valence-corrected chi connectivity index (χ1v) is 8.12. The van der Waals surface area contributed by atoms with Crippen LogP contribution in [0.5, 0.6) is 0 Å². The number of nitrogens with two attached hydrogens (primary N) is 1. The van der Waals surface area contributed by atoms with E-state index in [4.69, 9.17) is 5.73 Å². The van der Waals surface area contributed by atoms with Crippen molar-refractivity contribution in [2.24, 2.45) is 5.92 Å². The number of carbonyl (C=O) groups is 1. The van der Waals surface area contributed by atoms with Gasteiger partial charge in [-0.1, -0.05) is 24.6 Å². The van der Waals surface area contributed by atoms with Crippen LogP contribution in [-0.2, 0) is 0 Å². The normalized spacial score (nSPS) is 19.4. The molecule has 0 spiro atoms. The third-order valence-corrected chi connectivity index (χ3v) is 4.36. The van der Waals surface area contributed by atoms with Crippen LogP contribution in [0.2, 0.25) is 0 Å². The van der Waals surface area contributed by atoms with Crippen molar-refractivity contribution in [2.75, 3.05) is 31.9 Å². The Balaban J connectivity index is 1.77. The maximum atomic E-state index is 12.1. The minimum absolute atomic E-state index is 0.0338. The van der Waals surface area contributed by atoms with E-state index >= 15 is 0 Å². The highest BCUT2D eigenvalue weighted by Crippen LogP contribution is 2.18. The van der Waals surface area contributed by atoms with Gasteiger partial charge in [0.05, 0.1) is 0 Å². The molecule has 2 rings (SSSR count). The Morgan fingerprint density at radius 3 is 3.00 bits per heavy atom. The number of amides is 1. The van der Waals surface area contributed by atoms with E-state index < -0.39 is 0 Å². The van der Waals surface area contributed by atoms with Crippen molar-refractivity contribution < 1.29 is 4.79 Å². The highest BCUT2D eigenvalue weighted by atomic mass is 16.1. The van der Waals surface area contributed by atoms with E-state index in [2.05, 4.69) is 30.1 Å². The van der Waals surface area contributed by atoms with Gasteiger partial charge in [-0.3, -0.25) is 9.69 Å². The molecule has 4 heteroatoms. The van der Waals surface area contributed by atoms with Crippen molar-refractivity contribution in [3.8, 4) is 0 Å². The molecule has 0 radical (unpaired) electrons. The van der Waals surface area contributed by atoms with Crippen molar-refractivity contribution in [2.45, 2.75) is 26.7 Å². The van der Waals surface area contributed by atoms with Crippen molar-refractivity contribution in [1.29, 1.82) is 0 Å².